The van der Waals surface area contributed by atoms with Gasteiger partial charge in [0.1, 0.15) is 0 Å². The number of unbranched alkanes of at least 4 members (excludes halogenated alkanes) is 1. The minimum absolute atomic E-state index is 0.0168. The smallest absolute Gasteiger partial charge is 0.230 e. The summed E-state index contributed by atoms with van der Waals surface area (Å²) in [6.07, 6.45) is 5.35. The quantitative estimate of drug-likeness (QED) is 0.657. The van der Waals surface area contributed by atoms with Crippen LogP contribution in [0.15, 0.2) is 29.4 Å². The molecule has 2 rings (SSSR count). The third kappa shape index (κ3) is 5.85. The van der Waals surface area contributed by atoms with Gasteiger partial charge in [0.2, 0.25) is 11.1 Å². The molecule has 1 amide bonds. The molecule has 136 valence electrons. The zero-order valence-corrected chi connectivity index (χ0v) is 16.1. The minimum atomic E-state index is 0.0168. The van der Waals surface area contributed by atoms with E-state index < -0.39 is 0 Å². The summed E-state index contributed by atoms with van der Waals surface area (Å²) in [5, 5.41) is 15.5. The predicted molar refractivity (Wildman–Crippen MR) is 101 cm³/mol. The number of hydrogen-bond acceptors (Lipinski definition) is 5. The fourth-order valence-electron chi connectivity index (χ4n) is 2.51. The maximum Gasteiger partial charge on any atom is 0.230 e. The molecule has 0 fully saturated rings. The Labute approximate surface area is 153 Å². The number of carbonyl (C=O) groups excluding carboxylic acids is 1. The maximum absolute atomic E-state index is 12.0. The molecule has 0 saturated carbocycles. The van der Waals surface area contributed by atoms with Gasteiger partial charge in [0.05, 0.1) is 11.4 Å². The highest BCUT2D eigenvalue weighted by atomic mass is 32.2. The van der Waals surface area contributed by atoms with Gasteiger partial charge in [0, 0.05) is 6.04 Å². The topological polar surface area (TPSA) is 72.7 Å². The Balaban J connectivity index is 1.96. The van der Waals surface area contributed by atoms with Gasteiger partial charge >= 0.3 is 0 Å². The van der Waals surface area contributed by atoms with Crippen LogP contribution in [0.25, 0.3) is 5.69 Å². The molecule has 2 aromatic rings. The van der Waals surface area contributed by atoms with Crippen molar-refractivity contribution in [1.82, 2.24) is 25.5 Å². The fourth-order valence-corrected chi connectivity index (χ4v) is 3.21. The standard InChI is InChI=1S/C18H27N5OS/c1-4-7-8-14-9-11-16(12-10-14)23-18(20-21-22-23)25-13-17(24)19-15(5-2)6-3/h9-12,15H,4-8,13H2,1-3H3,(H,19,24). The number of thioether (sulfide) groups is 1. The second-order valence-electron chi connectivity index (χ2n) is 6.01. The largest absolute Gasteiger partial charge is 0.353 e. The van der Waals surface area contributed by atoms with Crippen LogP contribution in [0.3, 0.4) is 0 Å². The van der Waals surface area contributed by atoms with Crippen LogP contribution in [0.2, 0.25) is 0 Å². The first-order valence-corrected chi connectivity index (χ1v) is 9.96. The number of aryl methyl sites for hydroxylation is 1. The van der Waals surface area contributed by atoms with Crippen molar-refractivity contribution in [2.45, 2.75) is 64.1 Å². The van der Waals surface area contributed by atoms with E-state index in [1.54, 1.807) is 4.68 Å². The Morgan fingerprint density at radius 3 is 2.56 bits per heavy atom. The van der Waals surface area contributed by atoms with E-state index in [9.17, 15) is 4.79 Å². The van der Waals surface area contributed by atoms with E-state index in [4.69, 9.17) is 0 Å². The van der Waals surface area contributed by atoms with Crippen LogP contribution in [0.4, 0.5) is 0 Å². The highest BCUT2D eigenvalue weighted by molar-refractivity contribution is 7.99. The average Bonchev–Trinajstić information content (AvgIpc) is 3.11. The second kappa shape index (κ2) is 10.2. The van der Waals surface area contributed by atoms with E-state index in [2.05, 4.69) is 53.7 Å². The molecule has 1 N–H and O–H groups in total. The lowest BCUT2D eigenvalue weighted by Crippen LogP contribution is -2.35. The Bertz CT molecular complexity index is 652. The lowest BCUT2D eigenvalue weighted by molar-refractivity contribution is -0.119. The van der Waals surface area contributed by atoms with Gasteiger partial charge in [-0.1, -0.05) is 51.1 Å². The lowest BCUT2D eigenvalue weighted by Gasteiger charge is -2.14. The molecule has 0 unspecified atom stereocenters. The minimum Gasteiger partial charge on any atom is -0.353 e. The molecule has 1 aromatic heterocycles. The second-order valence-corrected chi connectivity index (χ2v) is 6.96. The van der Waals surface area contributed by atoms with Crippen molar-refractivity contribution in [3.05, 3.63) is 29.8 Å². The monoisotopic (exact) mass is 361 g/mol. The van der Waals surface area contributed by atoms with Crippen molar-refractivity contribution < 1.29 is 4.79 Å². The number of hydrogen-bond donors (Lipinski definition) is 1. The van der Waals surface area contributed by atoms with Crippen LogP contribution in [-0.4, -0.2) is 37.9 Å². The molecule has 0 saturated heterocycles. The van der Waals surface area contributed by atoms with E-state index >= 15 is 0 Å². The first-order valence-electron chi connectivity index (χ1n) is 8.97. The lowest BCUT2D eigenvalue weighted by atomic mass is 10.1. The maximum atomic E-state index is 12.0. The molecule has 25 heavy (non-hydrogen) atoms. The van der Waals surface area contributed by atoms with E-state index in [0.717, 1.165) is 24.9 Å². The normalized spacial score (nSPS) is 11.0. The molecule has 0 radical (unpaired) electrons. The summed E-state index contributed by atoms with van der Waals surface area (Å²) in [6.45, 7) is 6.34. The van der Waals surface area contributed by atoms with Gasteiger partial charge in [-0.2, -0.15) is 4.68 Å². The summed E-state index contributed by atoms with van der Waals surface area (Å²) < 4.78 is 1.68. The number of nitrogens with one attached hydrogen (secondary N) is 1. The molecule has 7 heteroatoms. The summed E-state index contributed by atoms with van der Waals surface area (Å²) in [6, 6.07) is 8.51. The molecule has 0 spiro atoms. The van der Waals surface area contributed by atoms with Crippen LogP contribution >= 0.6 is 11.8 Å². The predicted octanol–water partition coefficient (Wildman–Crippen LogP) is 3.40. The molecule has 0 bridgehead atoms. The van der Waals surface area contributed by atoms with Gasteiger partial charge in [-0.25, -0.2) is 0 Å². The molecule has 6 nitrogen and oxygen atoms in total. The fraction of sp³-hybridized carbons (Fsp3) is 0.556. The van der Waals surface area contributed by atoms with Crippen LogP contribution in [0.5, 0.6) is 0 Å². The van der Waals surface area contributed by atoms with Crippen molar-refractivity contribution in [3.63, 3.8) is 0 Å². The van der Waals surface area contributed by atoms with Crippen molar-refractivity contribution >= 4 is 17.7 Å². The highest BCUT2D eigenvalue weighted by Crippen LogP contribution is 2.19. The number of amides is 1. The highest BCUT2D eigenvalue weighted by Gasteiger charge is 2.13. The number of tetrazole rings is 1. The Hall–Kier alpha value is -1.89. The zero-order valence-electron chi connectivity index (χ0n) is 15.2. The number of benzene rings is 1. The third-order valence-electron chi connectivity index (χ3n) is 4.12. The summed E-state index contributed by atoms with van der Waals surface area (Å²) in [4.78, 5) is 12.0. The van der Waals surface area contributed by atoms with Gasteiger partial charge in [-0.05, 0) is 53.8 Å². The summed E-state index contributed by atoms with van der Waals surface area (Å²) in [5.41, 5.74) is 2.23. The number of nitrogens with zero attached hydrogens (tertiary/aromatic N) is 4. The summed E-state index contributed by atoms with van der Waals surface area (Å²) in [7, 11) is 0. The number of aromatic nitrogens is 4. The van der Waals surface area contributed by atoms with Crippen molar-refractivity contribution in [2.24, 2.45) is 0 Å². The number of rotatable bonds is 10. The van der Waals surface area contributed by atoms with Gasteiger partial charge in [-0.3, -0.25) is 4.79 Å². The van der Waals surface area contributed by atoms with Crippen molar-refractivity contribution in [2.75, 3.05) is 5.75 Å². The SMILES string of the molecule is CCCCc1ccc(-n2nnnc2SCC(=O)NC(CC)CC)cc1. The number of carbonyl (C=O) groups is 1. The van der Waals surface area contributed by atoms with E-state index in [0.29, 0.717) is 10.9 Å². The van der Waals surface area contributed by atoms with Crippen LogP contribution in [0.1, 0.15) is 52.0 Å². The van der Waals surface area contributed by atoms with Gasteiger partial charge in [-0.15, -0.1) is 5.10 Å². The van der Waals surface area contributed by atoms with Crippen LogP contribution in [-0.2, 0) is 11.2 Å². The van der Waals surface area contributed by atoms with E-state index in [-0.39, 0.29) is 11.9 Å². The zero-order chi connectivity index (χ0) is 18.1. The third-order valence-corrected chi connectivity index (χ3v) is 5.04. The summed E-state index contributed by atoms with van der Waals surface area (Å²) in [5.74, 6) is 0.328. The molecule has 0 atom stereocenters. The van der Waals surface area contributed by atoms with Gasteiger partial charge in [0.15, 0.2) is 0 Å². The Kier molecular flexibility index (Phi) is 7.91. The molecular weight excluding hydrogens is 334 g/mol. The molecule has 0 aliphatic rings. The average molecular weight is 362 g/mol. The van der Waals surface area contributed by atoms with Crippen molar-refractivity contribution in [1.29, 1.82) is 0 Å². The van der Waals surface area contributed by atoms with Gasteiger partial charge < -0.3 is 5.32 Å². The van der Waals surface area contributed by atoms with Gasteiger partial charge in [0.25, 0.3) is 0 Å². The molecule has 1 aromatic carbocycles. The van der Waals surface area contributed by atoms with Crippen LogP contribution < -0.4 is 5.32 Å². The molecule has 1 heterocycles. The first kappa shape index (κ1) is 19.4. The summed E-state index contributed by atoms with van der Waals surface area (Å²) >= 11 is 1.35. The molecule has 0 aliphatic carbocycles. The molecule has 0 aliphatic heterocycles. The molecular formula is C18H27N5OS. The van der Waals surface area contributed by atoms with Crippen LogP contribution in [0, 0.1) is 0 Å². The van der Waals surface area contributed by atoms with Crippen molar-refractivity contribution in [3.8, 4) is 5.69 Å². The Morgan fingerprint density at radius 2 is 1.92 bits per heavy atom. The first-order chi connectivity index (χ1) is 12.2. The van der Waals surface area contributed by atoms with E-state index in [1.807, 2.05) is 12.1 Å². The Morgan fingerprint density at radius 1 is 1.20 bits per heavy atom. The van der Waals surface area contributed by atoms with E-state index in [1.165, 1.54) is 30.2 Å².